The molecule has 0 saturated carbocycles. The molecule has 0 bridgehead atoms. The third-order valence-electron chi connectivity index (χ3n) is 5.10. The number of aromatic nitrogens is 3. The Morgan fingerprint density at radius 1 is 1.12 bits per heavy atom. The predicted octanol–water partition coefficient (Wildman–Crippen LogP) is 3.82. The van der Waals surface area contributed by atoms with Gasteiger partial charge in [0.2, 0.25) is 0 Å². The second kappa shape index (κ2) is 9.84. The van der Waals surface area contributed by atoms with Gasteiger partial charge in [0.15, 0.2) is 5.82 Å². The van der Waals surface area contributed by atoms with Crippen LogP contribution in [-0.4, -0.2) is 62.5 Å². The highest BCUT2D eigenvalue weighted by molar-refractivity contribution is 8.23. The molecule has 0 unspecified atom stereocenters. The van der Waals surface area contributed by atoms with Crippen LogP contribution in [0, 0.1) is 6.92 Å². The Morgan fingerprint density at radius 2 is 1.85 bits per heavy atom. The molecule has 10 heteroatoms. The Bertz CT molecular complexity index is 1110. The summed E-state index contributed by atoms with van der Waals surface area (Å²) < 4.78 is 25.4. The van der Waals surface area contributed by atoms with E-state index in [4.69, 9.17) is 9.72 Å². The van der Waals surface area contributed by atoms with E-state index in [1.807, 2.05) is 19.1 Å². The van der Waals surface area contributed by atoms with Gasteiger partial charge in [-0.1, -0.05) is 0 Å². The molecule has 1 saturated heterocycles. The lowest BCUT2D eigenvalue weighted by molar-refractivity contribution is 0.102. The maximum Gasteiger partial charge on any atom is 0.257 e. The van der Waals surface area contributed by atoms with Gasteiger partial charge in [0.05, 0.1) is 30.2 Å². The Morgan fingerprint density at radius 3 is 2.48 bits per heavy atom. The van der Waals surface area contributed by atoms with Crippen LogP contribution < -0.4 is 10.2 Å². The fourth-order valence-electron chi connectivity index (χ4n) is 3.43. The van der Waals surface area contributed by atoms with E-state index < -0.39 is 10.6 Å². The summed E-state index contributed by atoms with van der Waals surface area (Å²) in [6, 6.07) is 12.6. The summed E-state index contributed by atoms with van der Waals surface area (Å²) in [7, 11) is -2.76. The molecular formula is C23H27N5O4S. The molecule has 2 aromatic heterocycles. The number of pyridine rings is 1. The number of carbonyl (C=O) groups is 1. The van der Waals surface area contributed by atoms with Gasteiger partial charge in [0, 0.05) is 48.6 Å². The molecule has 4 rings (SSSR count). The van der Waals surface area contributed by atoms with Gasteiger partial charge in [-0.05, 0) is 43.3 Å². The molecular weight excluding hydrogens is 442 g/mol. The van der Waals surface area contributed by atoms with Gasteiger partial charge >= 0.3 is 0 Å². The molecule has 3 aromatic rings. The summed E-state index contributed by atoms with van der Waals surface area (Å²) >= 11 is 0. The molecule has 3 heterocycles. The van der Waals surface area contributed by atoms with Crippen LogP contribution in [0.2, 0.25) is 0 Å². The Balaban J connectivity index is 1.57. The van der Waals surface area contributed by atoms with Crippen molar-refractivity contribution in [3.63, 3.8) is 0 Å². The van der Waals surface area contributed by atoms with Gasteiger partial charge in [-0.3, -0.25) is 18.9 Å². The largest absolute Gasteiger partial charge is 0.378 e. The normalized spacial score (nSPS) is 14.7. The molecule has 0 aliphatic carbocycles. The number of morpholine rings is 1. The number of hydrogen-bond acceptors (Lipinski definition) is 8. The van der Waals surface area contributed by atoms with Crippen molar-refractivity contribution in [3.05, 3.63) is 65.6 Å². The van der Waals surface area contributed by atoms with Gasteiger partial charge in [-0.25, -0.2) is 9.97 Å². The lowest BCUT2D eigenvalue weighted by Gasteiger charge is -2.30. The first-order valence-corrected chi connectivity index (χ1v) is 12.7. The van der Waals surface area contributed by atoms with E-state index in [0.29, 0.717) is 49.1 Å². The lowest BCUT2D eigenvalue weighted by Crippen LogP contribution is -2.37. The van der Waals surface area contributed by atoms with Gasteiger partial charge in [0.1, 0.15) is 5.82 Å². The summed E-state index contributed by atoms with van der Waals surface area (Å²) in [6.07, 6.45) is 2.95. The number of aryl methyl sites for hydroxylation is 1. The van der Waals surface area contributed by atoms with Crippen LogP contribution in [0.1, 0.15) is 21.7 Å². The molecule has 9 nitrogen and oxygen atoms in total. The lowest BCUT2D eigenvalue weighted by atomic mass is 10.1. The van der Waals surface area contributed by atoms with Crippen LogP contribution in [0.15, 0.2) is 48.7 Å². The number of amides is 1. The van der Waals surface area contributed by atoms with Crippen LogP contribution in [0.25, 0.3) is 11.4 Å². The fraction of sp³-hybridized carbons (Fsp3) is 0.304. The van der Waals surface area contributed by atoms with Crippen LogP contribution in [-0.2, 0) is 10.5 Å². The van der Waals surface area contributed by atoms with E-state index in [9.17, 15) is 13.9 Å². The molecule has 1 aromatic carbocycles. The van der Waals surface area contributed by atoms with Crippen LogP contribution in [0.4, 0.5) is 11.5 Å². The van der Waals surface area contributed by atoms with Crippen molar-refractivity contribution in [1.29, 1.82) is 0 Å². The maximum absolute atomic E-state index is 12.4. The zero-order valence-electron chi connectivity index (χ0n) is 18.6. The summed E-state index contributed by atoms with van der Waals surface area (Å²) in [5.74, 6) is 1.03. The van der Waals surface area contributed by atoms with E-state index in [2.05, 4.69) is 20.2 Å². The van der Waals surface area contributed by atoms with Crippen LogP contribution in [0.5, 0.6) is 0 Å². The smallest absolute Gasteiger partial charge is 0.257 e. The molecule has 1 aliphatic rings. The van der Waals surface area contributed by atoms with E-state index >= 15 is 0 Å². The van der Waals surface area contributed by atoms with E-state index in [1.165, 1.54) is 6.26 Å². The SMILES string of the molecule is Cc1ccc(C(=O)Nc2ccc(-c3nc(CS(C)(O)O)cc(N4CCOCC4)n3)cc2)cn1. The number of benzene rings is 1. The van der Waals surface area contributed by atoms with Gasteiger partial charge in [-0.2, -0.15) is 10.6 Å². The second-order valence-corrected chi connectivity index (χ2v) is 10.3. The molecule has 0 atom stereocenters. The first-order valence-electron chi connectivity index (χ1n) is 10.5. The second-order valence-electron chi connectivity index (χ2n) is 8.00. The average molecular weight is 470 g/mol. The van der Waals surface area contributed by atoms with Crippen molar-refractivity contribution >= 4 is 28.0 Å². The quantitative estimate of drug-likeness (QED) is 0.498. The first-order chi connectivity index (χ1) is 15.8. The number of anilines is 2. The van der Waals surface area contributed by atoms with E-state index in [0.717, 1.165) is 17.1 Å². The molecule has 1 fully saturated rings. The van der Waals surface area contributed by atoms with Gasteiger partial charge < -0.3 is 15.0 Å². The summed E-state index contributed by atoms with van der Waals surface area (Å²) in [5.41, 5.74) is 3.28. The Hall–Kier alpha value is -3.05. The number of nitrogens with zero attached hydrogens (tertiary/aromatic N) is 4. The summed E-state index contributed by atoms with van der Waals surface area (Å²) in [5, 5.41) is 2.86. The zero-order chi connectivity index (χ0) is 23.4. The van der Waals surface area contributed by atoms with Crippen molar-refractivity contribution in [2.45, 2.75) is 12.7 Å². The maximum atomic E-state index is 12.4. The fourth-order valence-corrected chi connectivity index (χ4v) is 4.14. The van der Waals surface area contributed by atoms with Crippen molar-refractivity contribution < 1.29 is 18.6 Å². The Labute approximate surface area is 194 Å². The number of hydrogen-bond donors (Lipinski definition) is 3. The molecule has 33 heavy (non-hydrogen) atoms. The molecule has 0 radical (unpaired) electrons. The van der Waals surface area contributed by atoms with Crippen LogP contribution in [0.3, 0.4) is 0 Å². The highest BCUT2D eigenvalue weighted by Gasteiger charge is 2.18. The summed E-state index contributed by atoms with van der Waals surface area (Å²) in [4.78, 5) is 28.0. The Kier molecular flexibility index (Phi) is 6.89. The van der Waals surface area contributed by atoms with Crippen molar-refractivity contribution in [1.82, 2.24) is 15.0 Å². The minimum absolute atomic E-state index is 0.0542. The summed E-state index contributed by atoms with van der Waals surface area (Å²) in [6.45, 7) is 4.50. The monoisotopic (exact) mass is 469 g/mol. The standard InChI is InChI=1S/C23H27N5O4S/c1-16-3-4-18(14-24-16)23(29)26-19-7-5-17(6-8-19)22-25-20(15-33(2,30)31)13-21(27-22)28-9-11-32-12-10-28/h3-8,13-14,30-31H,9-12,15H2,1-2H3,(H,26,29). The van der Waals surface area contributed by atoms with Crippen molar-refractivity contribution in [3.8, 4) is 11.4 Å². The average Bonchev–Trinajstić information content (AvgIpc) is 2.79. The topological polar surface area (TPSA) is 121 Å². The minimum Gasteiger partial charge on any atom is -0.378 e. The van der Waals surface area contributed by atoms with Gasteiger partial charge in [0.25, 0.3) is 5.91 Å². The zero-order valence-corrected chi connectivity index (χ0v) is 19.4. The number of rotatable bonds is 6. The third kappa shape index (κ3) is 6.26. The highest BCUT2D eigenvalue weighted by atomic mass is 32.3. The predicted molar refractivity (Wildman–Crippen MR) is 130 cm³/mol. The van der Waals surface area contributed by atoms with E-state index in [1.54, 1.807) is 36.5 Å². The number of ether oxygens (including phenoxy) is 1. The number of nitrogens with one attached hydrogen (secondary N) is 1. The minimum atomic E-state index is -2.76. The molecule has 174 valence electrons. The molecule has 1 amide bonds. The molecule has 3 N–H and O–H groups in total. The van der Waals surface area contributed by atoms with Gasteiger partial charge in [-0.15, -0.1) is 0 Å². The number of carbonyl (C=O) groups excluding carboxylic acids is 1. The molecule has 0 spiro atoms. The van der Waals surface area contributed by atoms with Crippen LogP contribution >= 0.6 is 10.6 Å². The van der Waals surface area contributed by atoms with Crippen molar-refractivity contribution in [2.75, 3.05) is 42.8 Å². The third-order valence-corrected chi connectivity index (χ3v) is 5.94. The van der Waals surface area contributed by atoms with Crippen molar-refractivity contribution in [2.24, 2.45) is 0 Å². The van der Waals surface area contributed by atoms with E-state index in [-0.39, 0.29) is 11.7 Å². The molecule has 1 aliphatic heterocycles. The first kappa shape index (κ1) is 23.1. The highest BCUT2D eigenvalue weighted by Crippen LogP contribution is 2.38.